The maximum Gasteiger partial charge on any atom is 0.251 e. The number of hydrogen-bond acceptors (Lipinski definition) is 1. The van der Waals surface area contributed by atoms with Gasteiger partial charge in [-0.05, 0) is 36.4 Å². The van der Waals surface area contributed by atoms with Crippen LogP contribution < -0.4 is 5.56 Å². The lowest BCUT2D eigenvalue weighted by Gasteiger charge is -2.05. The van der Waals surface area contributed by atoms with Crippen LogP contribution in [0.15, 0.2) is 27.5 Å². The van der Waals surface area contributed by atoms with E-state index in [0.29, 0.717) is 0 Å². The molecule has 0 aliphatic carbocycles. The number of nitrogens with one attached hydrogen (secondary N) is 1. The van der Waals surface area contributed by atoms with E-state index in [1.54, 1.807) is 0 Å². The average Bonchev–Trinajstić information content (AvgIpc) is 2.24. The third-order valence-electron chi connectivity index (χ3n) is 2.67. The molecule has 1 aromatic heterocycles. The van der Waals surface area contributed by atoms with E-state index in [0.717, 1.165) is 32.9 Å². The van der Waals surface area contributed by atoms with Gasteiger partial charge in [-0.2, -0.15) is 0 Å². The maximum atomic E-state index is 11.7. The minimum Gasteiger partial charge on any atom is -0.321 e. The molecule has 0 aliphatic rings. The van der Waals surface area contributed by atoms with Gasteiger partial charge in [0.2, 0.25) is 0 Å². The molecule has 1 aromatic carbocycles. The van der Waals surface area contributed by atoms with Crippen molar-refractivity contribution in [3.8, 4) is 0 Å². The smallest absolute Gasteiger partial charge is 0.251 e. The third-order valence-corrected chi connectivity index (χ3v) is 3.53. The van der Waals surface area contributed by atoms with Gasteiger partial charge in [0.15, 0.2) is 0 Å². The Bertz CT molecular complexity index is 572. The van der Waals surface area contributed by atoms with E-state index in [2.05, 4.69) is 20.9 Å². The van der Waals surface area contributed by atoms with Gasteiger partial charge in [0.05, 0.1) is 5.52 Å². The van der Waals surface area contributed by atoms with Crippen LogP contribution >= 0.6 is 15.9 Å². The molecule has 2 nitrogen and oxygen atoms in total. The second-order valence-electron chi connectivity index (χ2n) is 3.61. The quantitative estimate of drug-likeness (QED) is 0.844. The van der Waals surface area contributed by atoms with Crippen molar-refractivity contribution in [1.29, 1.82) is 0 Å². The summed E-state index contributed by atoms with van der Waals surface area (Å²) < 4.78 is 1.02. The first-order valence-electron chi connectivity index (χ1n) is 4.94. The Labute approximate surface area is 96.5 Å². The summed E-state index contributed by atoms with van der Waals surface area (Å²) in [5.41, 5.74) is 2.86. The molecule has 1 N–H and O–H groups in total. The van der Waals surface area contributed by atoms with Crippen molar-refractivity contribution in [3.63, 3.8) is 0 Å². The normalized spacial score (nSPS) is 10.9. The number of H-pyrrole nitrogens is 1. The van der Waals surface area contributed by atoms with Gasteiger partial charge >= 0.3 is 0 Å². The van der Waals surface area contributed by atoms with E-state index in [-0.39, 0.29) is 5.56 Å². The van der Waals surface area contributed by atoms with Crippen LogP contribution in [0.4, 0.5) is 0 Å². The van der Waals surface area contributed by atoms with Crippen LogP contribution in [0.3, 0.4) is 0 Å². The molecule has 0 bridgehead atoms. The molecule has 0 unspecified atom stereocenters. The number of aromatic nitrogens is 1. The first-order valence-corrected chi connectivity index (χ1v) is 5.73. The monoisotopic (exact) mass is 265 g/mol. The molecule has 15 heavy (non-hydrogen) atoms. The van der Waals surface area contributed by atoms with Crippen LogP contribution in [-0.4, -0.2) is 4.98 Å². The Kier molecular flexibility index (Phi) is 2.65. The summed E-state index contributed by atoms with van der Waals surface area (Å²) in [6, 6.07) is 5.99. The van der Waals surface area contributed by atoms with Crippen molar-refractivity contribution in [2.75, 3.05) is 0 Å². The molecule has 0 spiro atoms. The van der Waals surface area contributed by atoms with Crippen LogP contribution in [0.1, 0.15) is 18.1 Å². The van der Waals surface area contributed by atoms with Gasteiger partial charge in [-0.15, -0.1) is 0 Å². The number of hydrogen-bond donors (Lipinski definition) is 1. The summed E-state index contributed by atoms with van der Waals surface area (Å²) in [4.78, 5) is 14.6. The summed E-state index contributed by atoms with van der Waals surface area (Å²) in [6.45, 7) is 3.98. The van der Waals surface area contributed by atoms with Gasteiger partial charge in [-0.3, -0.25) is 4.79 Å². The third kappa shape index (κ3) is 1.72. The SMILES string of the molecule is CCc1cc2ccc(Br)c(C)c2[nH]c1=O. The molecule has 0 radical (unpaired) electrons. The maximum absolute atomic E-state index is 11.7. The fraction of sp³-hybridized carbons (Fsp3) is 0.250. The number of pyridine rings is 1. The second-order valence-corrected chi connectivity index (χ2v) is 4.47. The predicted molar refractivity (Wildman–Crippen MR) is 66.4 cm³/mol. The van der Waals surface area contributed by atoms with Crippen LogP contribution in [0.5, 0.6) is 0 Å². The highest BCUT2D eigenvalue weighted by Gasteiger charge is 2.05. The molecule has 0 saturated heterocycles. The second kappa shape index (κ2) is 3.81. The molecule has 0 aliphatic heterocycles. The van der Waals surface area contributed by atoms with Crippen molar-refractivity contribution in [2.24, 2.45) is 0 Å². The molecule has 0 atom stereocenters. The van der Waals surface area contributed by atoms with E-state index in [9.17, 15) is 4.79 Å². The van der Waals surface area contributed by atoms with Gasteiger partial charge in [0.25, 0.3) is 5.56 Å². The lowest BCUT2D eigenvalue weighted by Crippen LogP contribution is -2.11. The largest absolute Gasteiger partial charge is 0.321 e. The van der Waals surface area contributed by atoms with E-state index in [1.165, 1.54) is 0 Å². The average molecular weight is 266 g/mol. The van der Waals surface area contributed by atoms with Crippen LogP contribution in [0.2, 0.25) is 0 Å². The van der Waals surface area contributed by atoms with E-state index >= 15 is 0 Å². The zero-order valence-corrected chi connectivity index (χ0v) is 10.3. The Morgan fingerprint density at radius 3 is 2.80 bits per heavy atom. The Morgan fingerprint density at radius 1 is 1.40 bits per heavy atom. The summed E-state index contributed by atoms with van der Waals surface area (Å²) in [5, 5.41) is 1.09. The van der Waals surface area contributed by atoms with E-state index in [1.807, 2.05) is 32.0 Å². The highest BCUT2D eigenvalue weighted by molar-refractivity contribution is 9.10. The summed E-state index contributed by atoms with van der Waals surface area (Å²) in [5.74, 6) is 0. The van der Waals surface area contributed by atoms with Crippen molar-refractivity contribution < 1.29 is 0 Å². The minimum absolute atomic E-state index is 0.0196. The first-order chi connectivity index (χ1) is 7.13. The number of fused-ring (bicyclic) bond motifs is 1. The van der Waals surface area contributed by atoms with Crippen LogP contribution in [0, 0.1) is 6.92 Å². The lowest BCUT2D eigenvalue weighted by atomic mass is 10.1. The van der Waals surface area contributed by atoms with Crippen molar-refractivity contribution in [2.45, 2.75) is 20.3 Å². The number of aryl methyl sites for hydroxylation is 2. The fourth-order valence-electron chi connectivity index (χ4n) is 1.70. The Hall–Kier alpha value is -1.09. The van der Waals surface area contributed by atoms with Crippen molar-refractivity contribution in [3.05, 3.63) is 44.2 Å². The number of aromatic amines is 1. The molecule has 0 saturated carbocycles. The zero-order chi connectivity index (χ0) is 11.0. The summed E-state index contributed by atoms with van der Waals surface area (Å²) in [6.07, 6.45) is 0.764. The van der Waals surface area contributed by atoms with Gasteiger partial charge < -0.3 is 4.98 Å². The van der Waals surface area contributed by atoms with Gasteiger partial charge in [-0.1, -0.05) is 28.9 Å². The zero-order valence-electron chi connectivity index (χ0n) is 8.73. The molecule has 2 aromatic rings. The van der Waals surface area contributed by atoms with Gasteiger partial charge in [0, 0.05) is 10.0 Å². The molecule has 78 valence electrons. The summed E-state index contributed by atoms with van der Waals surface area (Å²) in [7, 11) is 0. The number of halogens is 1. The Morgan fingerprint density at radius 2 is 2.13 bits per heavy atom. The molecular formula is C12H12BrNO. The van der Waals surface area contributed by atoms with Gasteiger partial charge in [-0.25, -0.2) is 0 Å². The number of benzene rings is 1. The predicted octanol–water partition coefficient (Wildman–Crippen LogP) is 3.16. The molecule has 0 amide bonds. The summed E-state index contributed by atoms with van der Waals surface area (Å²) >= 11 is 3.45. The fourth-order valence-corrected chi connectivity index (χ4v) is 2.03. The van der Waals surface area contributed by atoms with Crippen LogP contribution in [-0.2, 0) is 6.42 Å². The molecule has 2 rings (SSSR count). The van der Waals surface area contributed by atoms with E-state index in [4.69, 9.17) is 0 Å². The Balaban J connectivity index is 2.87. The van der Waals surface area contributed by atoms with Gasteiger partial charge in [0.1, 0.15) is 0 Å². The van der Waals surface area contributed by atoms with Crippen LogP contribution in [0.25, 0.3) is 10.9 Å². The number of rotatable bonds is 1. The molecule has 1 heterocycles. The highest BCUT2D eigenvalue weighted by atomic mass is 79.9. The van der Waals surface area contributed by atoms with Crippen molar-refractivity contribution >= 4 is 26.8 Å². The van der Waals surface area contributed by atoms with Crippen molar-refractivity contribution in [1.82, 2.24) is 4.98 Å². The van der Waals surface area contributed by atoms with E-state index < -0.39 is 0 Å². The molecular weight excluding hydrogens is 254 g/mol. The standard InChI is InChI=1S/C12H12BrNO/c1-3-8-6-9-4-5-10(13)7(2)11(9)14-12(8)15/h4-6H,3H2,1-2H3,(H,14,15). The molecule has 3 heteroatoms. The first kappa shape index (κ1) is 10.4. The highest BCUT2D eigenvalue weighted by Crippen LogP contribution is 2.23. The minimum atomic E-state index is 0.0196. The topological polar surface area (TPSA) is 32.9 Å². The molecule has 0 fully saturated rings. The lowest BCUT2D eigenvalue weighted by molar-refractivity contribution is 1.08.